The maximum atomic E-state index is 11.9. The van der Waals surface area contributed by atoms with E-state index in [1.54, 1.807) is 25.1 Å². The van der Waals surface area contributed by atoms with Gasteiger partial charge < -0.3 is 11.1 Å². The third-order valence-corrected chi connectivity index (χ3v) is 1.69. The molecule has 0 fully saturated rings. The molecule has 0 amide bonds. The average molecular weight is 204 g/mol. The number of nitrogens with one attached hydrogen (secondary N) is 1. The highest BCUT2D eigenvalue weighted by Gasteiger charge is 2.26. The Balaban J connectivity index is 2.72. The zero-order chi connectivity index (χ0) is 10.8. The lowest BCUT2D eigenvalue weighted by Gasteiger charge is -2.11. The minimum atomic E-state index is -4.23. The van der Waals surface area contributed by atoms with E-state index in [1.807, 2.05) is 0 Å². The summed E-state index contributed by atoms with van der Waals surface area (Å²) >= 11 is 0. The third kappa shape index (κ3) is 3.16. The first-order valence-electron chi connectivity index (χ1n) is 4.05. The van der Waals surface area contributed by atoms with Crippen molar-refractivity contribution in [2.45, 2.75) is 13.1 Å². The summed E-state index contributed by atoms with van der Waals surface area (Å²) < 4.78 is 35.6. The summed E-state index contributed by atoms with van der Waals surface area (Å²) in [5, 5.41) is 2.24. The lowest BCUT2D eigenvalue weighted by molar-refractivity contribution is -0.115. The molecule has 5 heteroatoms. The Hall–Kier alpha value is -1.39. The van der Waals surface area contributed by atoms with Gasteiger partial charge in [-0.15, -0.1) is 0 Å². The van der Waals surface area contributed by atoms with E-state index in [2.05, 4.69) is 5.32 Å². The molecule has 0 aliphatic rings. The minimum absolute atomic E-state index is 0.319. The molecule has 0 saturated carbocycles. The van der Waals surface area contributed by atoms with Gasteiger partial charge in [0.2, 0.25) is 0 Å². The molecule has 0 radical (unpaired) electrons. The molecule has 0 unspecified atom stereocenters. The van der Waals surface area contributed by atoms with Crippen LogP contribution in [-0.4, -0.2) is 12.7 Å². The summed E-state index contributed by atoms with van der Waals surface area (Å²) in [5.74, 6) is 0. The van der Waals surface area contributed by atoms with Gasteiger partial charge in [-0.1, -0.05) is 6.07 Å². The summed E-state index contributed by atoms with van der Waals surface area (Å²) in [6.45, 7) is 0.721. The SMILES string of the molecule is Cc1ccc(N)c(NCC(F)(F)F)c1. The number of hydrogen-bond acceptors (Lipinski definition) is 2. The van der Waals surface area contributed by atoms with E-state index in [0.717, 1.165) is 5.56 Å². The number of benzene rings is 1. The summed E-state index contributed by atoms with van der Waals surface area (Å²) in [6, 6.07) is 4.91. The smallest absolute Gasteiger partial charge is 0.397 e. The largest absolute Gasteiger partial charge is 0.405 e. The van der Waals surface area contributed by atoms with Crippen LogP contribution in [0, 0.1) is 6.92 Å². The molecule has 3 N–H and O–H groups in total. The highest BCUT2D eigenvalue weighted by atomic mass is 19.4. The molecule has 2 nitrogen and oxygen atoms in total. The van der Waals surface area contributed by atoms with Gasteiger partial charge >= 0.3 is 6.18 Å². The van der Waals surface area contributed by atoms with Crippen LogP contribution in [0.5, 0.6) is 0 Å². The zero-order valence-corrected chi connectivity index (χ0v) is 7.65. The molecule has 0 aliphatic carbocycles. The molecular formula is C9H11F3N2. The quantitative estimate of drug-likeness (QED) is 0.726. The first kappa shape index (κ1) is 10.7. The minimum Gasteiger partial charge on any atom is -0.397 e. The van der Waals surface area contributed by atoms with Gasteiger partial charge in [-0.25, -0.2) is 0 Å². The number of alkyl halides is 3. The van der Waals surface area contributed by atoms with Gasteiger partial charge in [-0.05, 0) is 24.6 Å². The van der Waals surface area contributed by atoms with E-state index in [1.165, 1.54) is 0 Å². The van der Waals surface area contributed by atoms with E-state index in [4.69, 9.17) is 5.73 Å². The maximum absolute atomic E-state index is 11.9. The molecule has 1 aromatic rings. The molecule has 0 aliphatic heterocycles. The maximum Gasteiger partial charge on any atom is 0.405 e. The molecule has 0 spiro atoms. The number of halogens is 3. The molecular weight excluding hydrogens is 193 g/mol. The summed E-state index contributed by atoms with van der Waals surface area (Å²) in [7, 11) is 0. The fraction of sp³-hybridized carbons (Fsp3) is 0.333. The van der Waals surface area contributed by atoms with Gasteiger partial charge in [0.05, 0.1) is 11.4 Å². The molecule has 1 aromatic carbocycles. The number of anilines is 2. The molecule has 78 valence electrons. The Bertz CT molecular complexity index is 320. The Morgan fingerprint density at radius 3 is 2.57 bits per heavy atom. The van der Waals surface area contributed by atoms with Crippen LogP contribution in [0.15, 0.2) is 18.2 Å². The van der Waals surface area contributed by atoms with Crippen molar-refractivity contribution in [1.29, 1.82) is 0 Å². The van der Waals surface area contributed by atoms with Crippen molar-refractivity contribution in [2.24, 2.45) is 0 Å². The van der Waals surface area contributed by atoms with E-state index in [0.29, 0.717) is 11.4 Å². The first-order valence-corrected chi connectivity index (χ1v) is 4.05. The van der Waals surface area contributed by atoms with Crippen LogP contribution < -0.4 is 11.1 Å². The van der Waals surface area contributed by atoms with Crippen molar-refractivity contribution >= 4 is 11.4 Å². The van der Waals surface area contributed by atoms with Crippen molar-refractivity contribution in [2.75, 3.05) is 17.6 Å². The van der Waals surface area contributed by atoms with Crippen LogP contribution in [-0.2, 0) is 0 Å². The van der Waals surface area contributed by atoms with Gasteiger partial charge in [-0.3, -0.25) is 0 Å². The number of rotatable bonds is 2. The summed E-state index contributed by atoms with van der Waals surface area (Å²) in [5.41, 5.74) is 6.99. The predicted molar refractivity (Wildman–Crippen MR) is 50.1 cm³/mol. The fourth-order valence-corrected chi connectivity index (χ4v) is 1.02. The highest BCUT2D eigenvalue weighted by molar-refractivity contribution is 5.66. The normalized spacial score (nSPS) is 11.4. The second kappa shape index (κ2) is 3.77. The van der Waals surface area contributed by atoms with Gasteiger partial charge in [0.1, 0.15) is 6.54 Å². The topological polar surface area (TPSA) is 38.0 Å². The zero-order valence-electron chi connectivity index (χ0n) is 7.65. The number of nitrogens with two attached hydrogens (primary N) is 1. The van der Waals surface area contributed by atoms with Crippen LogP contribution in [0.25, 0.3) is 0 Å². The van der Waals surface area contributed by atoms with Crippen molar-refractivity contribution in [3.63, 3.8) is 0 Å². The van der Waals surface area contributed by atoms with E-state index in [-0.39, 0.29) is 0 Å². The van der Waals surface area contributed by atoms with E-state index < -0.39 is 12.7 Å². The van der Waals surface area contributed by atoms with Crippen molar-refractivity contribution in [3.05, 3.63) is 23.8 Å². The van der Waals surface area contributed by atoms with Gasteiger partial charge in [0.25, 0.3) is 0 Å². The molecule has 0 heterocycles. The molecule has 0 bridgehead atoms. The van der Waals surface area contributed by atoms with E-state index in [9.17, 15) is 13.2 Å². The standard InChI is InChI=1S/C9H11F3N2/c1-6-2-3-7(13)8(4-6)14-5-9(10,11)12/h2-4,14H,5,13H2,1H3. The lowest BCUT2D eigenvalue weighted by Crippen LogP contribution is -2.21. The van der Waals surface area contributed by atoms with E-state index >= 15 is 0 Å². The lowest BCUT2D eigenvalue weighted by atomic mass is 10.2. The van der Waals surface area contributed by atoms with Crippen molar-refractivity contribution < 1.29 is 13.2 Å². The highest BCUT2D eigenvalue weighted by Crippen LogP contribution is 2.22. The Kier molecular flexibility index (Phi) is 2.88. The Morgan fingerprint density at radius 1 is 1.36 bits per heavy atom. The Labute approximate surface area is 79.9 Å². The number of hydrogen-bond donors (Lipinski definition) is 2. The number of aryl methyl sites for hydroxylation is 1. The summed E-state index contributed by atoms with van der Waals surface area (Å²) in [6.07, 6.45) is -4.23. The van der Waals surface area contributed by atoms with Gasteiger partial charge in [0.15, 0.2) is 0 Å². The second-order valence-electron chi connectivity index (χ2n) is 3.06. The van der Waals surface area contributed by atoms with Crippen LogP contribution in [0.4, 0.5) is 24.5 Å². The molecule has 14 heavy (non-hydrogen) atoms. The van der Waals surface area contributed by atoms with Crippen LogP contribution >= 0.6 is 0 Å². The van der Waals surface area contributed by atoms with Gasteiger partial charge in [0, 0.05) is 0 Å². The Morgan fingerprint density at radius 2 is 2.00 bits per heavy atom. The average Bonchev–Trinajstić information content (AvgIpc) is 2.05. The van der Waals surface area contributed by atoms with Crippen LogP contribution in [0.1, 0.15) is 5.56 Å². The molecule has 0 saturated heterocycles. The fourth-order valence-electron chi connectivity index (χ4n) is 1.02. The number of nitrogen functional groups attached to an aromatic ring is 1. The van der Waals surface area contributed by atoms with Crippen LogP contribution in [0.3, 0.4) is 0 Å². The van der Waals surface area contributed by atoms with Crippen molar-refractivity contribution in [1.82, 2.24) is 0 Å². The monoisotopic (exact) mass is 204 g/mol. The molecule has 0 aromatic heterocycles. The second-order valence-corrected chi connectivity index (χ2v) is 3.06. The predicted octanol–water partition coefficient (Wildman–Crippen LogP) is 2.55. The van der Waals surface area contributed by atoms with Gasteiger partial charge in [-0.2, -0.15) is 13.2 Å². The van der Waals surface area contributed by atoms with Crippen LogP contribution in [0.2, 0.25) is 0 Å². The molecule has 1 rings (SSSR count). The molecule has 0 atom stereocenters. The summed E-state index contributed by atoms with van der Waals surface area (Å²) in [4.78, 5) is 0. The first-order chi connectivity index (χ1) is 6.38. The van der Waals surface area contributed by atoms with Crippen molar-refractivity contribution in [3.8, 4) is 0 Å². The third-order valence-electron chi connectivity index (χ3n) is 1.69.